The Labute approximate surface area is 202 Å². The van der Waals surface area contributed by atoms with E-state index in [9.17, 15) is 4.79 Å². The molecule has 5 rings (SSSR count). The molecular formula is C26H26N4O3S. The highest BCUT2D eigenvalue weighted by Crippen LogP contribution is 2.39. The molecule has 174 valence electrons. The average Bonchev–Trinajstić information content (AvgIpc) is 3.55. The van der Waals surface area contributed by atoms with Gasteiger partial charge in [-0.05, 0) is 25.0 Å². The van der Waals surface area contributed by atoms with Crippen LogP contribution in [0.15, 0.2) is 64.5 Å². The molecule has 34 heavy (non-hydrogen) atoms. The summed E-state index contributed by atoms with van der Waals surface area (Å²) in [6.45, 7) is 3.64. The van der Waals surface area contributed by atoms with Gasteiger partial charge in [-0.25, -0.2) is 4.98 Å². The Hall–Kier alpha value is -3.36. The van der Waals surface area contributed by atoms with Crippen LogP contribution in [0, 0.1) is 6.92 Å². The summed E-state index contributed by atoms with van der Waals surface area (Å²) in [7, 11) is 1.86. The van der Waals surface area contributed by atoms with Crippen molar-refractivity contribution in [3.8, 4) is 22.6 Å². The molecule has 1 amide bonds. The quantitative estimate of drug-likeness (QED) is 0.392. The van der Waals surface area contributed by atoms with Crippen LogP contribution in [-0.4, -0.2) is 52.7 Å². The van der Waals surface area contributed by atoms with Crippen molar-refractivity contribution in [2.45, 2.75) is 25.2 Å². The summed E-state index contributed by atoms with van der Waals surface area (Å²) < 4.78 is 10.8. The SMILES string of the molecule is Cc1nc(-c2cccc(C(=O)N(C)CC3(c4nc(-c5ccccc5)cs4)CCOCC3)c2)no1. The van der Waals surface area contributed by atoms with Gasteiger partial charge in [0.15, 0.2) is 0 Å². The number of aromatic nitrogens is 3. The molecule has 8 heteroatoms. The number of amides is 1. The first-order valence-electron chi connectivity index (χ1n) is 11.3. The monoisotopic (exact) mass is 474 g/mol. The third kappa shape index (κ3) is 4.51. The molecule has 0 saturated carbocycles. The molecule has 0 radical (unpaired) electrons. The Balaban J connectivity index is 1.39. The fourth-order valence-corrected chi connectivity index (χ4v) is 5.50. The van der Waals surface area contributed by atoms with E-state index in [1.807, 2.05) is 49.5 Å². The van der Waals surface area contributed by atoms with Crippen molar-refractivity contribution in [3.63, 3.8) is 0 Å². The molecule has 0 atom stereocenters. The molecule has 3 heterocycles. The molecule has 1 saturated heterocycles. The first kappa shape index (κ1) is 22.4. The minimum atomic E-state index is -0.233. The van der Waals surface area contributed by atoms with E-state index in [1.165, 1.54) is 0 Å². The second-order valence-corrected chi connectivity index (χ2v) is 9.53. The number of aryl methyl sites for hydroxylation is 1. The van der Waals surface area contributed by atoms with Crippen LogP contribution < -0.4 is 0 Å². The van der Waals surface area contributed by atoms with Gasteiger partial charge in [0.05, 0.1) is 5.69 Å². The molecular weight excluding hydrogens is 448 g/mol. The maximum atomic E-state index is 13.4. The van der Waals surface area contributed by atoms with E-state index in [-0.39, 0.29) is 11.3 Å². The Morgan fingerprint density at radius 1 is 1.06 bits per heavy atom. The molecule has 1 aliphatic heterocycles. The number of carbonyl (C=O) groups excluding carboxylic acids is 1. The normalized spacial score (nSPS) is 15.2. The number of likely N-dealkylation sites (N-methyl/N-ethyl adjacent to an activating group) is 1. The number of hydrogen-bond acceptors (Lipinski definition) is 7. The molecule has 2 aromatic heterocycles. The van der Waals surface area contributed by atoms with E-state index in [1.54, 1.807) is 23.2 Å². The number of carbonyl (C=O) groups is 1. The molecule has 7 nitrogen and oxygen atoms in total. The van der Waals surface area contributed by atoms with E-state index in [0.29, 0.717) is 37.0 Å². The van der Waals surface area contributed by atoms with Crippen molar-refractivity contribution >= 4 is 17.2 Å². The van der Waals surface area contributed by atoms with Crippen molar-refractivity contribution in [3.05, 3.63) is 76.4 Å². The Kier molecular flexibility index (Phi) is 6.26. The van der Waals surface area contributed by atoms with E-state index in [0.717, 1.165) is 34.7 Å². The van der Waals surface area contributed by atoms with Gasteiger partial charge in [0, 0.05) is 61.2 Å². The molecule has 1 aliphatic rings. The first-order valence-corrected chi connectivity index (χ1v) is 12.2. The molecule has 0 unspecified atom stereocenters. The van der Waals surface area contributed by atoms with Crippen molar-refractivity contribution in [1.29, 1.82) is 0 Å². The van der Waals surface area contributed by atoms with Gasteiger partial charge in [-0.15, -0.1) is 11.3 Å². The second kappa shape index (κ2) is 9.48. The van der Waals surface area contributed by atoms with Crippen LogP contribution >= 0.6 is 11.3 Å². The molecule has 4 aromatic rings. The van der Waals surface area contributed by atoms with Gasteiger partial charge in [-0.3, -0.25) is 4.79 Å². The van der Waals surface area contributed by atoms with E-state index in [4.69, 9.17) is 14.2 Å². The average molecular weight is 475 g/mol. The van der Waals surface area contributed by atoms with Gasteiger partial charge in [-0.2, -0.15) is 4.98 Å². The predicted octanol–water partition coefficient (Wildman–Crippen LogP) is 4.99. The van der Waals surface area contributed by atoms with E-state index < -0.39 is 0 Å². The Morgan fingerprint density at radius 3 is 2.56 bits per heavy atom. The lowest BCUT2D eigenvalue weighted by atomic mass is 9.80. The third-order valence-electron chi connectivity index (χ3n) is 6.26. The maximum Gasteiger partial charge on any atom is 0.253 e. The minimum absolute atomic E-state index is 0.0484. The molecule has 0 bridgehead atoms. The fraction of sp³-hybridized carbons (Fsp3) is 0.308. The number of ether oxygens (including phenoxy) is 1. The standard InChI is InChI=1S/C26H26N4O3S/c1-18-27-23(29-33-18)20-9-6-10-21(15-20)24(31)30(2)17-26(11-13-32-14-12-26)25-28-22(16-34-25)19-7-4-3-5-8-19/h3-10,15-16H,11-14,17H2,1-2H3. The molecule has 0 spiro atoms. The van der Waals surface area contributed by atoms with E-state index >= 15 is 0 Å². The van der Waals surface area contributed by atoms with Crippen LogP contribution in [0.1, 0.15) is 34.1 Å². The summed E-state index contributed by atoms with van der Waals surface area (Å²) in [4.78, 5) is 24.5. The minimum Gasteiger partial charge on any atom is -0.381 e. The van der Waals surface area contributed by atoms with Gasteiger partial charge >= 0.3 is 0 Å². The number of hydrogen-bond donors (Lipinski definition) is 0. The number of thiazole rings is 1. The number of benzene rings is 2. The second-order valence-electron chi connectivity index (χ2n) is 8.68. The first-order chi connectivity index (χ1) is 16.5. The van der Waals surface area contributed by atoms with Crippen LogP contribution in [0.25, 0.3) is 22.6 Å². The molecule has 0 N–H and O–H groups in total. The Morgan fingerprint density at radius 2 is 1.82 bits per heavy atom. The number of rotatable bonds is 6. The zero-order valence-corrected chi connectivity index (χ0v) is 20.0. The summed E-state index contributed by atoms with van der Waals surface area (Å²) in [5.74, 6) is 0.920. The number of nitrogens with zero attached hydrogens (tertiary/aromatic N) is 4. The van der Waals surface area contributed by atoms with Crippen LogP contribution in [-0.2, 0) is 10.2 Å². The summed E-state index contributed by atoms with van der Waals surface area (Å²) in [6, 6.07) is 17.6. The molecule has 0 aliphatic carbocycles. The zero-order chi connectivity index (χ0) is 23.5. The highest BCUT2D eigenvalue weighted by Gasteiger charge is 2.39. The molecule has 1 fully saturated rings. The van der Waals surface area contributed by atoms with Crippen molar-refractivity contribution < 1.29 is 14.1 Å². The van der Waals surface area contributed by atoms with Crippen molar-refractivity contribution in [1.82, 2.24) is 20.0 Å². The lowest BCUT2D eigenvalue weighted by Crippen LogP contribution is -2.45. The van der Waals surface area contributed by atoms with Gasteiger partial charge in [0.1, 0.15) is 5.01 Å². The summed E-state index contributed by atoms with van der Waals surface area (Å²) in [5.41, 5.74) is 3.19. The van der Waals surface area contributed by atoms with Crippen LogP contribution in [0.2, 0.25) is 0 Å². The van der Waals surface area contributed by atoms with Gasteiger partial charge in [0.2, 0.25) is 11.7 Å². The predicted molar refractivity (Wildman–Crippen MR) is 131 cm³/mol. The van der Waals surface area contributed by atoms with Crippen LogP contribution in [0.5, 0.6) is 0 Å². The summed E-state index contributed by atoms with van der Waals surface area (Å²) in [6.07, 6.45) is 1.66. The largest absolute Gasteiger partial charge is 0.381 e. The summed E-state index contributed by atoms with van der Waals surface area (Å²) in [5, 5.41) is 7.14. The van der Waals surface area contributed by atoms with Gasteiger partial charge < -0.3 is 14.2 Å². The summed E-state index contributed by atoms with van der Waals surface area (Å²) >= 11 is 1.67. The Bertz CT molecular complexity index is 1280. The lowest BCUT2D eigenvalue weighted by Gasteiger charge is -2.38. The third-order valence-corrected chi connectivity index (χ3v) is 7.35. The van der Waals surface area contributed by atoms with E-state index in [2.05, 4.69) is 27.7 Å². The zero-order valence-electron chi connectivity index (χ0n) is 19.2. The fourth-order valence-electron chi connectivity index (χ4n) is 4.41. The van der Waals surface area contributed by atoms with Gasteiger partial charge in [0.25, 0.3) is 5.91 Å². The smallest absolute Gasteiger partial charge is 0.253 e. The van der Waals surface area contributed by atoms with Crippen LogP contribution in [0.3, 0.4) is 0 Å². The van der Waals surface area contributed by atoms with Crippen molar-refractivity contribution in [2.75, 3.05) is 26.8 Å². The lowest BCUT2D eigenvalue weighted by molar-refractivity contribution is 0.0345. The topological polar surface area (TPSA) is 81.4 Å². The highest BCUT2D eigenvalue weighted by atomic mass is 32.1. The van der Waals surface area contributed by atoms with Crippen molar-refractivity contribution in [2.24, 2.45) is 0 Å². The maximum absolute atomic E-state index is 13.4. The molecule has 2 aromatic carbocycles. The van der Waals surface area contributed by atoms with Crippen LogP contribution in [0.4, 0.5) is 0 Å². The van der Waals surface area contributed by atoms with Gasteiger partial charge in [-0.1, -0.05) is 47.6 Å². The highest BCUT2D eigenvalue weighted by molar-refractivity contribution is 7.10.